The topological polar surface area (TPSA) is 83.1 Å². The van der Waals surface area contributed by atoms with Gasteiger partial charge in [0, 0.05) is 36.0 Å². The van der Waals surface area contributed by atoms with Crippen LogP contribution in [0.1, 0.15) is 28.4 Å². The van der Waals surface area contributed by atoms with Gasteiger partial charge in [-0.05, 0) is 24.6 Å². The summed E-state index contributed by atoms with van der Waals surface area (Å²) in [4.78, 5) is 45.4. The number of aromatic amines is 1. The first kappa shape index (κ1) is 16.0. The zero-order chi connectivity index (χ0) is 18.4. The van der Waals surface area contributed by atoms with Gasteiger partial charge in [0.15, 0.2) is 5.78 Å². The molecule has 3 heterocycles. The summed E-state index contributed by atoms with van der Waals surface area (Å²) in [6, 6.07) is 10.4. The summed E-state index contributed by atoms with van der Waals surface area (Å²) in [5, 5.41) is 0.775. The second-order valence-corrected chi connectivity index (χ2v) is 6.15. The van der Waals surface area contributed by atoms with Crippen molar-refractivity contribution in [2.24, 2.45) is 0 Å². The lowest BCUT2D eigenvalue weighted by Gasteiger charge is -2.06. The number of hydrogen-bond donors (Lipinski definition) is 1. The lowest BCUT2D eigenvalue weighted by Crippen LogP contribution is -2.26. The second-order valence-electron chi connectivity index (χ2n) is 6.15. The number of rotatable bonds is 3. The minimum atomic E-state index is -0.362. The molecule has 128 valence electrons. The zero-order valence-electron chi connectivity index (χ0n) is 14.2. The van der Waals surface area contributed by atoms with Crippen molar-refractivity contribution in [3.8, 4) is 0 Å². The highest BCUT2D eigenvalue weighted by Gasteiger charge is 2.38. The number of nitrogens with one attached hydrogen (secondary N) is 1. The Labute approximate surface area is 149 Å². The van der Waals surface area contributed by atoms with Crippen molar-refractivity contribution in [2.75, 3.05) is 7.05 Å². The molecule has 1 N–H and O–H groups in total. The van der Waals surface area contributed by atoms with Crippen LogP contribution in [0.4, 0.5) is 0 Å². The summed E-state index contributed by atoms with van der Waals surface area (Å²) in [6.07, 6.45) is 3.35. The predicted octanol–water partition coefficient (Wildman–Crippen LogP) is 2.67. The highest BCUT2D eigenvalue weighted by atomic mass is 16.2. The Bertz CT molecular complexity index is 1110. The van der Waals surface area contributed by atoms with E-state index in [0.29, 0.717) is 33.5 Å². The number of carbonyl (C=O) groups excluding carboxylic acids is 3. The van der Waals surface area contributed by atoms with E-state index in [-0.39, 0.29) is 17.6 Å². The number of benzene rings is 1. The lowest BCUT2D eigenvalue weighted by molar-refractivity contribution is -0.134. The first-order valence-electron chi connectivity index (χ1n) is 8.09. The number of hydrogen-bond acceptors (Lipinski definition) is 4. The van der Waals surface area contributed by atoms with Crippen LogP contribution in [0.3, 0.4) is 0 Å². The van der Waals surface area contributed by atoms with Crippen LogP contribution < -0.4 is 0 Å². The highest BCUT2D eigenvalue weighted by molar-refractivity contribution is 6.49. The van der Waals surface area contributed by atoms with Crippen LogP contribution in [0.25, 0.3) is 22.2 Å². The molecule has 2 aromatic heterocycles. The van der Waals surface area contributed by atoms with E-state index in [0.717, 1.165) is 10.3 Å². The first-order chi connectivity index (χ1) is 12.5. The van der Waals surface area contributed by atoms with Crippen LogP contribution in [0.15, 0.2) is 48.8 Å². The summed E-state index contributed by atoms with van der Waals surface area (Å²) in [5.74, 6) is -0.774. The van der Waals surface area contributed by atoms with Crippen molar-refractivity contribution in [3.63, 3.8) is 0 Å². The number of imide groups is 1. The second kappa shape index (κ2) is 5.77. The van der Waals surface area contributed by atoms with E-state index < -0.39 is 0 Å². The van der Waals surface area contributed by atoms with Crippen LogP contribution in [0.2, 0.25) is 0 Å². The Kier molecular flexibility index (Phi) is 3.54. The number of H-pyrrole nitrogens is 1. The molecular formula is C20H15N3O3. The molecule has 4 rings (SSSR count). The Morgan fingerprint density at radius 1 is 1.04 bits per heavy atom. The molecule has 2 amide bonds. The van der Waals surface area contributed by atoms with E-state index in [1.54, 1.807) is 42.7 Å². The number of ketones is 1. The number of fused-ring (bicyclic) bond motifs is 1. The smallest absolute Gasteiger partial charge is 0.261 e. The number of carbonyl (C=O) groups is 3. The number of aromatic nitrogens is 2. The van der Waals surface area contributed by atoms with Crippen molar-refractivity contribution >= 4 is 39.8 Å². The van der Waals surface area contributed by atoms with Gasteiger partial charge in [0.25, 0.3) is 11.8 Å². The number of Topliss-reactive ketones (excluding diaryl/α,β-unsaturated/α-hetero) is 1. The molecule has 0 spiro atoms. The van der Waals surface area contributed by atoms with Crippen molar-refractivity contribution in [2.45, 2.75) is 6.92 Å². The van der Waals surface area contributed by atoms with Gasteiger partial charge in [-0.15, -0.1) is 0 Å². The SMILES string of the molecule is CC(=O)c1ccc(C2=C(c3c[nH]c4ncccc34)C(=O)N(C)C2=O)cc1. The van der Waals surface area contributed by atoms with Crippen LogP contribution >= 0.6 is 0 Å². The molecule has 0 saturated heterocycles. The summed E-state index contributed by atoms with van der Waals surface area (Å²) in [6.45, 7) is 1.48. The fraction of sp³-hybridized carbons (Fsp3) is 0.100. The molecule has 0 aliphatic carbocycles. The van der Waals surface area contributed by atoms with Crippen molar-refractivity contribution in [1.29, 1.82) is 0 Å². The molecule has 1 aromatic carbocycles. The Morgan fingerprint density at radius 2 is 1.73 bits per heavy atom. The minimum Gasteiger partial charge on any atom is -0.346 e. The minimum absolute atomic E-state index is 0.0561. The molecule has 26 heavy (non-hydrogen) atoms. The summed E-state index contributed by atoms with van der Waals surface area (Å²) in [7, 11) is 1.47. The Hall–Kier alpha value is -3.54. The van der Waals surface area contributed by atoms with Crippen LogP contribution in [-0.4, -0.2) is 39.5 Å². The Balaban J connectivity index is 1.96. The standard InChI is InChI=1S/C20H15N3O3/c1-11(24)12-5-7-13(8-6-12)16-17(20(26)23(2)19(16)25)15-10-22-18-14(15)4-3-9-21-18/h3-10H,1-2H3,(H,21,22). The third-order valence-electron chi connectivity index (χ3n) is 4.59. The largest absolute Gasteiger partial charge is 0.346 e. The third kappa shape index (κ3) is 2.27. The monoisotopic (exact) mass is 345 g/mol. The first-order valence-corrected chi connectivity index (χ1v) is 8.09. The number of pyridine rings is 1. The van der Waals surface area contributed by atoms with Gasteiger partial charge in [-0.1, -0.05) is 24.3 Å². The molecule has 3 aromatic rings. The van der Waals surface area contributed by atoms with Crippen molar-refractivity contribution in [1.82, 2.24) is 14.9 Å². The van der Waals surface area contributed by atoms with Crippen LogP contribution in [0.5, 0.6) is 0 Å². The van der Waals surface area contributed by atoms with Crippen molar-refractivity contribution < 1.29 is 14.4 Å². The predicted molar refractivity (Wildman–Crippen MR) is 97.1 cm³/mol. The zero-order valence-corrected chi connectivity index (χ0v) is 14.2. The van der Waals surface area contributed by atoms with E-state index in [2.05, 4.69) is 9.97 Å². The lowest BCUT2D eigenvalue weighted by atomic mass is 9.95. The molecule has 0 bridgehead atoms. The van der Waals surface area contributed by atoms with Gasteiger partial charge < -0.3 is 4.98 Å². The number of likely N-dealkylation sites (N-methyl/N-ethyl adjacent to an activating group) is 1. The molecular weight excluding hydrogens is 330 g/mol. The van der Waals surface area contributed by atoms with E-state index in [4.69, 9.17) is 0 Å². The van der Waals surface area contributed by atoms with E-state index >= 15 is 0 Å². The average molecular weight is 345 g/mol. The van der Waals surface area contributed by atoms with Gasteiger partial charge >= 0.3 is 0 Å². The summed E-state index contributed by atoms with van der Waals surface area (Å²) < 4.78 is 0. The molecule has 0 saturated carbocycles. The van der Waals surface area contributed by atoms with Crippen LogP contribution in [0, 0.1) is 0 Å². The van der Waals surface area contributed by atoms with Gasteiger partial charge in [-0.3, -0.25) is 19.3 Å². The maximum atomic E-state index is 12.8. The van der Waals surface area contributed by atoms with E-state index in [1.807, 2.05) is 6.07 Å². The molecule has 0 radical (unpaired) electrons. The van der Waals surface area contributed by atoms with E-state index in [9.17, 15) is 14.4 Å². The van der Waals surface area contributed by atoms with Gasteiger partial charge in [0.1, 0.15) is 5.65 Å². The Morgan fingerprint density at radius 3 is 2.42 bits per heavy atom. The fourth-order valence-corrected chi connectivity index (χ4v) is 3.19. The maximum absolute atomic E-state index is 12.8. The molecule has 0 atom stereocenters. The fourth-order valence-electron chi connectivity index (χ4n) is 3.19. The van der Waals surface area contributed by atoms with Gasteiger partial charge in [0.2, 0.25) is 0 Å². The molecule has 1 aliphatic heterocycles. The van der Waals surface area contributed by atoms with Gasteiger partial charge in [-0.2, -0.15) is 0 Å². The van der Waals surface area contributed by atoms with Crippen LogP contribution in [-0.2, 0) is 9.59 Å². The van der Waals surface area contributed by atoms with E-state index in [1.165, 1.54) is 14.0 Å². The summed E-state index contributed by atoms with van der Waals surface area (Å²) >= 11 is 0. The van der Waals surface area contributed by atoms with Crippen molar-refractivity contribution in [3.05, 3.63) is 65.5 Å². The maximum Gasteiger partial charge on any atom is 0.261 e. The quantitative estimate of drug-likeness (QED) is 0.584. The third-order valence-corrected chi connectivity index (χ3v) is 4.59. The molecule has 6 nitrogen and oxygen atoms in total. The average Bonchev–Trinajstić information content (AvgIpc) is 3.16. The van der Waals surface area contributed by atoms with Gasteiger partial charge in [0.05, 0.1) is 11.1 Å². The van der Waals surface area contributed by atoms with Gasteiger partial charge in [-0.25, -0.2) is 4.98 Å². The molecule has 0 fully saturated rings. The highest BCUT2D eigenvalue weighted by Crippen LogP contribution is 2.37. The number of amides is 2. The number of nitrogens with zero attached hydrogens (tertiary/aromatic N) is 2. The molecule has 1 aliphatic rings. The summed E-state index contributed by atoms with van der Waals surface area (Å²) in [5.41, 5.74) is 3.12. The normalized spacial score (nSPS) is 14.6. The molecule has 0 unspecified atom stereocenters. The molecule has 6 heteroatoms.